The van der Waals surface area contributed by atoms with Crippen LogP contribution in [0.5, 0.6) is 0 Å². The zero-order chi connectivity index (χ0) is 12.7. The van der Waals surface area contributed by atoms with E-state index in [1.165, 1.54) is 32.1 Å². The molecule has 0 aromatic carbocycles. The van der Waals surface area contributed by atoms with Gasteiger partial charge in [-0.3, -0.25) is 4.79 Å². The SMILES string of the molecule is CCC(CC)C(=O)NC(CN)C1CCCCC1.Cl. The van der Waals surface area contributed by atoms with Crippen molar-refractivity contribution in [1.29, 1.82) is 0 Å². The van der Waals surface area contributed by atoms with Gasteiger partial charge in [0.05, 0.1) is 0 Å². The first kappa shape index (κ1) is 17.7. The molecule has 3 nitrogen and oxygen atoms in total. The number of nitrogens with two attached hydrogens (primary N) is 1. The standard InChI is InChI=1S/C14H28N2O.ClH/c1-3-11(4-2)14(17)16-13(10-15)12-8-6-5-7-9-12;/h11-13H,3-10,15H2,1-2H3,(H,16,17);1H. The maximum absolute atomic E-state index is 12.1. The van der Waals surface area contributed by atoms with Gasteiger partial charge < -0.3 is 11.1 Å². The average Bonchev–Trinajstić information content (AvgIpc) is 2.38. The second kappa shape index (κ2) is 9.62. The summed E-state index contributed by atoms with van der Waals surface area (Å²) in [5.74, 6) is 0.968. The van der Waals surface area contributed by atoms with E-state index in [2.05, 4.69) is 19.2 Å². The van der Waals surface area contributed by atoms with Gasteiger partial charge in [0.25, 0.3) is 0 Å². The number of nitrogens with one attached hydrogen (secondary N) is 1. The van der Waals surface area contributed by atoms with E-state index in [1.807, 2.05) is 0 Å². The van der Waals surface area contributed by atoms with Gasteiger partial charge in [0, 0.05) is 18.5 Å². The number of carbonyl (C=O) groups excluding carboxylic acids is 1. The number of hydrogen-bond acceptors (Lipinski definition) is 2. The fraction of sp³-hybridized carbons (Fsp3) is 0.929. The lowest BCUT2D eigenvalue weighted by atomic mass is 9.83. The molecule has 1 atom stereocenters. The molecule has 1 aliphatic rings. The third-order valence-corrected chi connectivity index (χ3v) is 4.16. The van der Waals surface area contributed by atoms with Crippen molar-refractivity contribution < 1.29 is 4.79 Å². The topological polar surface area (TPSA) is 55.1 Å². The number of halogens is 1. The van der Waals surface area contributed by atoms with Crippen molar-refractivity contribution in [2.75, 3.05) is 6.54 Å². The Labute approximate surface area is 118 Å². The first-order chi connectivity index (χ1) is 8.22. The molecular formula is C14H29ClN2O. The Bertz CT molecular complexity index is 226. The second-order valence-corrected chi connectivity index (χ2v) is 5.26. The highest BCUT2D eigenvalue weighted by Crippen LogP contribution is 2.26. The minimum atomic E-state index is 0. The fourth-order valence-corrected chi connectivity index (χ4v) is 2.87. The van der Waals surface area contributed by atoms with Gasteiger partial charge in [-0.25, -0.2) is 0 Å². The van der Waals surface area contributed by atoms with E-state index in [9.17, 15) is 4.79 Å². The summed E-state index contributed by atoms with van der Waals surface area (Å²) >= 11 is 0. The number of carbonyl (C=O) groups is 1. The lowest BCUT2D eigenvalue weighted by Crippen LogP contribution is -2.47. The number of hydrogen-bond donors (Lipinski definition) is 2. The van der Waals surface area contributed by atoms with Crippen LogP contribution in [0.2, 0.25) is 0 Å². The van der Waals surface area contributed by atoms with Crippen molar-refractivity contribution in [1.82, 2.24) is 5.32 Å². The molecule has 0 heterocycles. The quantitative estimate of drug-likeness (QED) is 0.784. The highest BCUT2D eigenvalue weighted by Gasteiger charge is 2.25. The van der Waals surface area contributed by atoms with Crippen LogP contribution in [0, 0.1) is 11.8 Å². The first-order valence-electron chi connectivity index (χ1n) is 7.23. The number of rotatable bonds is 6. The van der Waals surface area contributed by atoms with Crippen molar-refractivity contribution in [3.8, 4) is 0 Å². The van der Waals surface area contributed by atoms with Crippen molar-refractivity contribution >= 4 is 18.3 Å². The van der Waals surface area contributed by atoms with Gasteiger partial charge in [0.15, 0.2) is 0 Å². The largest absolute Gasteiger partial charge is 0.352 e. The normalized spacial score (nSPS) is 18.2. The molecule has 0 radical (unpaired) electrons. The van der Waals surface area contributed by atoms with Gasteiger partial charge in [0.2, 0.25) is 5.91 Å². The fourth-order valence-electron chi connectivity index (χ4n) is 2.87. The first-order valence-corrected chi connectivity index (χ1v) is 7.23. The Morgan fingerprint density at radius 2 is 1.78 bits per heavy atom. The zero-order valence-corrected chi connectivity index (χ0v) is 12.6. The molecule has 0 bridgehead atoms. The Balaban J connectivity index is 0.00000289. The molecule has 1 rings (SSSR count). The summed E-state index contributed by atoms with van der Waals surface area (Å²) in [6.45, 7) is 4.73. The molecule has 0 aliphatic heterocycles. The highest BCUT2D eigenvalue weighted by atomic mass is 35.5. The Kier molecular flexibility index (Phi) is 9.47. The lowest BCUT2D eigenvalue weighted by Gasteiger charge is -2.31. The van der Waals surface area contributed by atoms with E-state index in [-0.39, 0.29) is 30.3 Å². The van der Waals surface area contributed by atoms with E-state index in [0.717, 1.165) is 12.8 Å². The Hall–Kier alpha value is -0.280. The lowest BCUT2D eigenvalue weighted by molar-refractivity contribution is -0.126. The summed E-state index contributed by atoms with van der Waals surface area (Å²) in [6, 6.07) is 0.198. The van der Waals surface area contributed by atoms with Crippen LogP contribution >= 0.6 is 12.4 Å². The number of amides is 1. The average molecular weight is 277 g/mol. The predicted molar refractivity (Wildman–Crippen MR) is 78.9 cm³/mol. The smallest absolute Gasteiger partial charge is 0.223 e. The van der Waals surface area contributed by atoms with E-state index in [4.69, 9.17) is 5.73 Å². The highest BCUT2D eigenvalue weighted by molar-refractivity contribution is 5.85. The molecule has 1 amide bonds. The van der Waals surface area contributed by atoms with Crippen LogP contribution in [0.25, 0.3) is 0 Å². The summed E-state index contributed by atoms with van der Waals surface area (Å²) in [4.78, 5) is 12.1. The molecule has 18 heavy (non-hydrogen) atoms. The maximum atomic E-state index is 12.1. The zero-order valence-electron chi connectivity index (χ0n) is 11.8. The summed E-state index contributed by atoms with van der Waals surface area (Å²) in [5.41, 5.74) is 5.82. The van der Waals surface area contributed by atoms with Gasteiger partial charge in [-0.2, -0.15) is 0 Å². The van der Waals surface area contributed by atoms with Crippen LogP contribution in [-0.2, 0) is 4.79 Å². The molecule has 1 saturated carbocycles. The van der Waals surface area contributed by atoms with Crippen LogP contribution in [0.3, 0.4) is 0 Å². The monoisotopic (exact) mass is 276 g/mol. The third kappa shape index (κ3) is 5.15. The molecule has 0 aromatic heterocycles. The van der Waals surface area contributed by atoms with Crippen LogP contribution < -0.4 is 11.1 Å². The van der Waals surface area contributed by atoms with Gasteiger partial charge >= 0.3 is 0 Å². The molecule has 1 fully saturated rings. The summed E-state index contributed by atoms with van der Waals surface area (Å²) in [6.07, 6.45) is 8.23. The minimum Gasteiger partial charge on any atom is -0.352 e. The van der Waals surface area contributed by atoms with Crippen molar-refractivity contribution in [2.45, 2.75) is 64.8 Å². The maximum Gasteiger partial charge on any atom is 0.223 e. The second-order valence-electron chi connectivity index (χ2n) is 5.26. The Morgan fingerprint density at radius 1 is 1.22 bits per heavy atom. The molecule has 108 valence electrons. The third-order valence-electron chi connectivity index (χ3n) is 4.16. The summed E-state index contributed by atoms with van der Waals surface area (Å²) in [5, 5.41) is 3.17. The van der Waals surface area contributed by atoms with Crippen molar-refractivity contribution in [3.05, 3.63) is 0 Å². The minimum absolute atomic E-state index is 0. The molecule has 4 heteroatoms. The van der Waals surface area contributed by atoms with E-state index >= 15 is 0 Å². The van der Waals surface area contributed by atoms with Crippen LogP contribution in [0.1, 0.15) is 58.8 Å². The van der Waals surface area contributed by atoms with Crippen LogP contribution in [0.15, 0.2) is 0 Å². The Morgan fingerprint density at radius 3 is 2.22 bits per heavy atom. The van der Waals surface area contributed by atoms with Crippen molar-refractivity contribution in [3.63, 3.8) is 0 Å². The molecule has 3 N–H and O–H groups in total. The van der Waals surface area contributed by atoms with Gasteiger partial charge in [-0.15, -0.1) is 12.4 Å². The van der Waals surface area contributed by atoms with Gasteiger partial charge in [0.1, 0.15) is 0 Å². The molecule has 1 unspecified atom stereocenters. The van der Waals surface area contributed by atoms with Crippen LogP contribution in [0.4, 0.5) is 0 Å². The van der Waals surface area contributed by atoms with Gasteiger partial charge in [-0.1, -0.05) is 33.1 Å². The van der Waals surface area contributed by atoms with Gasteiger partial charge in [-0.05, 0) is 31.6 Å². The van der Waals surface area contributed by atoms with E-state index in [1.54, 1.807) is 0 Å². The predicted octanol–water partition coefficient (Wildman–Crippen LogP) is 2.87. The van der Waals surface area contributed by atoms with Crippen molar-refractivity contribution in [2.24, 2.45) is 17.6 Å². The van der Waals surface area contributed by atoms with E-state index < -0.39 is 0 Å². The summed E-state index contributed by atoms with van der Waals surface area (Å²) in [7, 11) is 0. The summed E-state index contributed by atoms with van der Waals surface area (Å²) < 4.78 is 0. The molecule has 1 aliphatic carbocycles. The molecule has 0 saturated heterocycles. The molecular weight excluding hydrogens is 248 g/mol. The van der Waals surface area contributed by atoms with E-state index in [0.29, 0.717) is 12.5 Å². The molecule has 0 spiro atoms. The van der Waals surface area contributed by atoms with Crippen LogP contribution in [-0.4, -0.2) is 18.5 Å². The molecule has 0 aromatic rings.